The van der Waals surface area contributed by atoms with Crippen molar-refractivity contribution in [2.45, 2.75) is 17.8 Å². The molecular formula is C23H19FN6O2S2. The Morgan fingerprint density at radius 1 is 1.21 bits per heavy atom. The molecule has 8 nitrogen and oxygen atoms in total. The van der Waals surface area contributed by atoms with Gasteiger partial charge in [-0.25, -0.2) is 14.8 Å². The number of aromatic amines is 1. The largest absolute Gasteiger partial charge is 0.313 e. The molecule has 0 bridgehead atoms. The fourth-order valence-electron chi connectivity index (χ4n) is 2.98. The zero-order valence-electron chi connectivity index (χ0n) is 17.9. The van der Waals surface area contributed by atoms with Crippen molar-refractivity contribution in [3.05, 3.63) is 93.9 Å². The summed E-state index contributed by atoms with van der Waals surface area (Å²) in [7, 11) is 0. The molecule has 3 N–H and O–H groups in total. The number of carbonyl (C=O) groups is 2. The zero-order valence-corrected chi connectivity index (χ0v) is 19.5. The van der Waals surface area contributed by atoms with Crippen LogP contribution in [0.1, 0.15) is 37.4 Å². The van der Waals surface area contributed by atoms with Crippen molar-refractivity contribution in [2.75, 3.05) is 5.32 Å². The van der Waals surface area contributed by atoms with Crippen LogP contribution in [0.4, 0.5) is 9.39 Å². The number of thioether (sulfide) groups is 1. The van der Waals surface area contributed by atoms with Crippen LogP contribution in [-0.4, -0.2) is 33.2 Å². The van der Waals surface area contributed by atoms with Gasteiger partial charge in [0.15, 0.2) is 5.16 Å². The number of H-pyrrole nitrogens is 1. The van der Waals surface area contributed by atoms with Crippen molar-refractivity contribution in [3.8, 4) is 0 Å². The summed E-state index contributed by atoms with van der Waals surface area (Å²) in [5.41, 5.74) is 5.57. The molecule has 0 unspecified atom stereocenters. The van der Waals surface area contributed by atoms with Gasteiger partial charge in [-0.3, -0.25) is 14.7 Å². The number of rotatable bonds is 8. The van der Waals surface area contributed by atoms with E-state index in [1.54, 1.807) is 36.6 Å². The molecule has 0 aliphatic heterocycles. The lowest BCUT2D eigenvalue weighted by atomic mass is 10.1. The van der Waals surface area contributed by atoms with Gasteiger partial charge in [0.25, 0.3) is 11.8 Å². The van der Waals surface area contributed by atoms with Crippen LogP contribution in [0, 0.1) is 12.7 Å². The Bertz CT molecular complexity index is 1320. The van der Waals surface area contributed by atoms with E-state index in [2.05, 4.69) is 31.0 Å². The van der Waals surface area contributed by atoms with Crippen molar-refractivity contribution >= 4 is 46.1 Å². The van der Waals surface area contributed by atoms with Crippen LogP contribution < -0.4 is 10.7 Å². The van der Waals surface area contributed by atoms with Crippen molar-refractivity contribution in [2.24, 2.45) is 5.10 Å². The Morgan fingerprint density at radius 2 is 2.03 bits per heavy atom. The van der Waals surface area contributed by atoms with E-state index in [4.69, 9.17) is 0 Å². The van der Waals surface area contributed by atoms with Crippen LogP contribution in [0.5, 0.6) is 0 Å². The maximum Gasteiger partial charge on any atom is 0.274 e. The van der Waals surface area contributed by atoms with Crippen LogP contribution in [0.3, 0.4) is 0 Å². The lowest BCUT2D eigenvalue weighted by Crippen LogP contribution is -2.21. The summed E-state index contributed by atoms with van der Waals surface area (Å²) in [6.07, 6.45) is 2.86. The van der Waals surface area contributed by atoms with Crippen LogP contribution >= 0.6 is 23.1 Å². The first-order chi connectivity index (χ1) is 16.5. The second-order valence-corrected chi connectivity index (χ2v) is 8.95. The predicted molar refractivity (Wildman–Crippen MR) is 131 cm³/mol. The molecule has 0 saturated carbocycles. The number of carbonyl (C=O) groups excluding carboxylic acids is 2. The molecule has 0 aliphatic carbocycles. The van der Waals surface area contributed by atoms with Gasteiger partial charge in [-0.2, -0.15) is 10.2 Å². The second kappa shape index (κ2) is 10.9. The van der Waals surface area contributed by atoms with Crippen molar-refractivity contribution < 1.29 is 14.0 Å². The number of hydrogen-bond donors (Lipinski definition) is 3. The van der Waals surface area contributed by atoms with Gasteiger partial charge in [0, 0.05) is 11.3 Å². The molecule has 0 aliphatic rings. The maximum absolute atomic E-state index is 13.0. The van der Waals surface area contributed by atoms with Gasteiger partial charge in [0.1, 0.15) is 17.1 Å². The summed E-state index contributed by atoms with van der Waals surface area (Å²) in [6.45, 7) is 1.78. The van der Waals surface area contributed by atoms with Crippen LogP contribution in [0.2, 0.25) is 0 Å². The first-order valence-electron chi connectivity index (χ1n) is 10.0. The number of hydrazone groups is 1. The Hall–Kier alpha value is -3.83. The Kier molecular flexibility index (Phi) is 7.45. The molecule has 2 heterocycles. The van der Waals surface area contributed by atoms with Gasteiger partial charge < -0.3 is 5.32 Å². The number of aryl methyl sites for hydroxylation is 1. The number of anilines is 1. The number of nitrogens with one attached hydrogen (secondary N) is 3. The molecule has 4 rings (SSSR count). The number of hydrogen-bond acceptors (Lipinski definition) is 7. The van der Waals surface area contributed by atoms with Crippen LogP contribution in [-0.2, 0) is 5.75 Å². The molecule has 2 aromatic carbocycles. The number of aromatic nitrogens is 3. The van der Waals surface area contributed by atoms with Gasteiger partial charge in [-0.1, -0.05) is 36.0 Å². The average Bonchev–Trinajstić information content (AvgIpc) is 3.49. The first-order valence-corrected chi connectivity index (χ1v) is 11.9. The minimum Gasteiger partial charge on any atom is -0.313 e. The Morgan fingerprint density at radius 3 is 2.79 bits per heavy atom. The minimum atomic E-state index is -0.454. The highest BCUT2D eigenvalue weighted by Gasteiger charge is 2.19. The van der Waals surface area contributed by atoms with Crippen LogP contribution in [0.15, 0.2) is 70.5 Å². The van der Waals surface area contributed by atoms with E-state index in [1.807, 2.05) is 12.1 Å². The fourth-order valence-corrected chi connectivity index (χ4v) is 4.64. The SMILES string of the molecule is Cc1csc(NC(=O)c2cccc(CSc3ncn[nH]3)c2)c1C(=O)NN=Cc1ccc(F)cc1. The van der Waals surface area contributed by atoms with E-state index in [-0.39, 0.29) is 11.7 Å². The molecule has 0 fully saturated rings. The number of halogens is 1. The Balaban J connectivity index is 1.41. The lowest BCUT2D eigenvalue weighted by Gasteiger charge is -2.08. The predicted octanol–water partition coefficient (Wildman–Crippen LogP) is 4.62. The normalized spacial score (nSPS) is 11.0. The maximum atomic E-state index is 13.0. The summed E-state index contributed by atoms with van der Waals surface area (Å²) in [6, 6.07) is 13.0. The molecular weight excluding hydrogens is 475 g/mol. The van der Waals surface area contributed by atoms with E-state index >= 15 is 0 Å². The van der Waals surface area contributed by atoms with Gasteiger partial charge in [0.2, 0.25) is 0 Å². The molecule has 11 heteroatoms. The van der Waals surface area contributed by atoms with E-state index in [9.17, 15) is 14.0 Å². The number of thiophene rings is 1. The average molecular weight is 495 g/mol. The first kappa shape index (κ1) is 23.3. The monoisotopic (exact) mass is 494 g/mol. The van der Waals surface area contributed by atoms with E-state index < -0.39 is 5.91 Å². The van der Waals surface area contributed by atoms with Crippen molar-refractivity contribution in [1.29, 1.82) is 0 Å². The second-order valence-electron chi connectivity index (χ2n) is 7.11. The quantitative estimate of drug-likeness (QED) is 0.188. The molecule has 0 saturated heterocycles. The van der Waals surface area contributed by atoms with Crippen LogP contribution in [0.25, 0.3) is 0 Å². The lowest BCUT2D eigenvalue weighted by molar-refractivity contribution is 0.0956. The molecule has 0 radical (unpaired) electrons. The molecule has 34 heavy (non-hydrogen) atoms. The molecule has 2 amide bonds. The van der Waals surface area contributed by atoms with Gasteiger partial charge in [-0.15, -0.1) is 11.3 Å². The van der Waals surface area contributed by atoms with E-state index in [0.717, 1.165) is 5.56 Å². The molecule has 4 aromatic rings. The summed E-state index contributed by atoms with van der Waals surface area (Å²) >= 11 is 2.74. The van der Waals surface area contributed by atoms with E-state index in [1.165, 1.54) is 47.8 Å². The fraction of sp³-hybridized carbons (Fsp3) is 0.0870. The zero-order chi connectivity index (χ0) is 23.9. The standard InChI is InChI=1S/C23H19FN6O2S2/c1-14-11-33-22(19(14)21(32)29-26-10-15-5-7-18(24)8-6-15)28-20(31)17-4-2-3-16(9-17)12-34-23-25-13-27-30-23/h2-11,13H,12H2,1H3,(H,28,31)(H,29,32)(H,25,27,30). The highest BCUT2D eigenvalue weighted by Crippen LogP contribution is 2.28. The highest BCUT2D eigenvalue weighted by molar-refractivity contribution is 7.98. The Labute approximate surface area is 202 Å². The molecule has 172 valence electrons. The molecule has 2 aromatic heterocycles. The van der Waals surface area contributed by atoms with Gasteiger partial charge >= 0.3 is 0 Å². The highest BCUT2D eigenvalue weighted by atomic mass is 32.2. The summed E-state index contributed by atoms with van der Waals surface area (Å²) < 4.78 is 13.0. The number of amides is 2. The summed E-state index contributed by atoms with van der Waals surface area (Å²) in [5.74, 6) is -0.509. The summed E-state index contributed by atoms with van der Waals surface area (Å²) in [4.78, 5) is 29.7. The third-order valence-corrected chi connectivity index (χ3v) is 6.60. The summed E-state index contributed by atoms with van der Waals surface area (Å²) in [5, 5.41) is 16.3. The number of nitrogens with zero attached hydrogens (tertiary/aromatic N) is 3. The third-order valence-electron chi connectivity index (χ3n) is 4.64. The van der Waals surface area contributed by atoms with Crippen molar-refractivity contribution in [1.82, 2.24) is 20.6 Å². The van der Waals surface area contributed by atoms with E-state index in [0.29, 0.717) is 38.2 Å². The minimum absolute atomic E-state index is 0.322. The van der Waals surface area contributed by atoms with Gasteiger partial charge in [-0.05, 0) is 53.3 Å². The molecule has 0 spiro atoms. The number of benzene rings is 2. The smallest absolute Gasteiger partial charge is 0.274 e. The van der Waals surface area contributed by atoms with Gasteiger partial charge in [0.05, 0.1) is 11.8 Å². The molecule has 0 atom stereocenters. The third kappa shape index (κ3) is 5.94. The van der Waals surface area contributed by atoms with Crippen molar-refractivity contribution in [3.63, 3.8) is 0 Å². The topological polar surface area (TPSA) is 112 Å².